The molecule has 3 nitrogen and oxygen atoms in total. The number of nitrogens with zero attached hydrogens (tertiary/aromatic N) is 1. The Morgan fingerprint density at radius 3 is 2.61 bits per heavy atom. The number of hydrogen-bond donors (Lipinski definition) is 1. The second-order valence-electron chi connectivity index (χ2n) is 6.63. The van der Waals surface area contributed by atoms with E-state index < -0.39 is 0 Å². The Balaban J connectivity index is 1.95. The highest BCUT2D eigenvalue weighted by Crippen LogP contribution is 2.33. The predicted molar refractivity (Wildman–Crippen MR) is 75.8 cm³/mol. The van der Waals surface area contributed by atoms with E-state index in [0.29, 0.717) is 5.41 Å². The molecule has 0 aromatic heterocycles. The van der Waals surface area contributed by atoms with Crippen LogP contribution in [0.1, 0.15) is 39.5 Å². The highest BCUT2D eigenvalue weighted by atomic mass is 16.5. The van der Waals surface area contributed by atoms with Crippen LogP contribution >= 0.6 is 0 Å². The molecule has 0 aromatic carbocycles. The molecule has 2 unspecified atom stereocenters. The maximum Gasteiger partial charge on any atom is 0.0531 e. The van der Waals surface area contributed by atoms with Crippen LogP contribution in [-0.2, 0) is 4.74 Å². The zero-order valence-electron chi connectivity index (χ0n) is 12.4. The molecule has 2 aliphatic rings. The Kier molecular flexibility index (Phi) is 5.05. The van der Waals surface area contributed by atoms with Gasteiger partial charge in [0, 0.05) is 25.1 Å². The molecule has 106 valence electrons. The van der Waals surface area contributed by atoms with E-state index in [0.717, 1.165) is 31.7 Å². The minimum absolute atomic E-state index is 0.398. The van der Waals surface area contributed by atoms with Gasteiger partial charge in [0.1, 0.15) is 0 Å². The van der Waals surface area contributed by atoms with Gasteiger partial charge >= 0.3 is 0 Å². The number of nitrogens with one attached hydrogen (secondary N) is 1. The van der Waals surface area contributed by atoms with Crippen LogP contribution in [0, 0.1) is 11.3 Å². The molecule has 2 aliphatic heterocycles. The second kappa shape index (κ2) is 6.36. The summed E-state index contributed by atoms with van der Waals surface area (Å²) in [6, 6.07) is 0.748. The number of rotatable bonds is 4. The summed E-state index contributed by atoms with van der Waals surface area (Å²) in [6.45, 7) is 10.5. The first-order valence-electron chi connectivity index (χ1n) is 7.59. The van der Waals surface area contributed by atoms with E-state index in [2.05, 4.69) is 24.1 Å². The molecule has 1 N–H and O–H groups in total. The van der Waals surface area contributed by atoms with Crippen molar-refractivity contribution >= 4 is 0 Å². The van der Waals surface area contributed by atoms with E-state index >= 15 is 0 Å². The van der Waals surface area contributed by atoms with Crippen molar-refractivity contribution in [1.29, 1.82) is 0 Å². The molecule has 3 heteroatoms. The number of hydrogen-bond acceptors (Lipinski definition) is 3. The smallest absolute Gasteiger partial charge is 0.0531 e. The first kappa shape index (κ1) is 14.3. The van der Waals surface area contributed by atoms with Crippen LogP contribution in [-0.4, -0.2) is 50.8 Å². The van der Waals surface area contributed by atoms with Crippen LogP contribution in [0.3, 0.4) is 0 Å². The van der Waals surface area contributed by atoms with Gasteiger partial charge in [0.05, 0.1) is 6.61 Å². The average Bonchev–Trinajstić information content (AvgIpc) is 2.34. The monoisotopic (exact) mass is 254 g/mol. The lowest BCUT2D eigenvalue weighted by Crippen LogP contribution is -2.51. The molecule has 2 saturated heterocycles. The van der Waals surface area contributed by atoms with Crippen molar-refractivity contribution in [3.8, 4) is 0 Å². The van der Waals surface area contributed by atoms with Crippen molar-refractivity contribution in [3.05, 3.63) is 0 Å². The summed E-state index contributed by atoms with van der Waals surface area (Å²) in [5.41, 5.74) is 0.398. The van der Waals surface area contributed by atoms with E-state index in [9.17, 15) is 0 Å². The third-order valence-corrected chi connectivity index (χ3v) is 4.93. The van der Waals surface area contributed by atoms with E-state index in [4.69, 9.17) is 4.74 Å². The summed E-state index contributed by atoms with van der Waals surface area (Å²) in [7, 11) is 1.85. The number of piperidine rings is 2. The molecule has 2 heterocycles. The van der Waals surface area contributed by atoms with Crippen LogP contribution in [0.4, 0.5) is 0 Å². The number of likely N-dealkylation sites (tertiary alicyclic amines) is 1. The summed E-state index contributed by atoms with van der Waals surface area (Å²) < 4.78 is 5.53. The third kappa shape index (κ3) is 3.46. The fourth-order valence-corrected chi connectivity index (χ4v) is 3.73. The highest BCUT2D eigenvalue weighted by Gasteiger charge is 2.36. The number of ether oxygens (including phenoxy) is 1. The van der Waals surface area contributed by atoms with Gasteiger partial charge in [0.2, 0.25) is 0 Å². The molecule has 2 rings (SSSR count). The summed E-state index contributed by atoms with van der Waals surface area (Å²) >= 11 is 0. The van der Waals surface area contributed by atoms with Crippen molar-refractivity contribution in [3.63, 3.8) is 0 Å². The molecular formula is C15H30N2O. The molecule has 2 atom stereocenters. The molecule has 0 aromatic rings. The maximum atomic E-state index is 5.53. The largest absolute Gasteiger partial charge is 0.384 e. The molecule has 2 fully saturated rings. The van der Waals surface area contributed by atoms with Crippen LogP contribution in [0.5, 0.6) is 0 Å². The summed E-state index contributed by atoms with van der Waals surface area (Å²) in [6.07, 6.45) is 5.26. The summed E-state index contributed by atoms with van der Waals surface area (Å²) in [4.78, 5) is 2.71. The van der Waals surface area contributed by atoms with Gasteiger partial charge in [-0.3, -0.25) is 0 Å². The van der Waals surface area contributed by atoms with Crippen molar-refractivity contribution in [2.24, 2.45) is 11.3 Å². The Morgan fingerprint density at radius 2 is 2.00 bits per heavy atom. The normalized spacial score (nSPS) is 33.5. The van der Waals surface area contributed by atoms with Crippen LogP contribution < -0.4 is 5.32 Å². The van der Waals surface area contributed by atoms with Crippen molar-refractivity contribution in [2.45, 2.75) is 45.6 Å². The topological polar surface area (TPSA) is 24.5 Å². The molecular weight excluding hydrogens is 224 g/mol. The molecule has 0 radical (unpaired) electrons. The second-order valence-corrected chi connectivity index (χ2v) is 6.63. The molecule has 0 bridgehead atoms. The van der Waals surface area contributed by atoms with Gasteiger partial charge in [0.25, 0.3) is 0 Å². The van der Waals surface area contributed by atoms with Gasteiger partial charge in [0.15, 0.2) is 0 Å². The lowest BCUT2D eigenvalue weighted by atomic mass is 9.78. The van der Waals surface area contributed by atoms with Gasteiger partial charge in [-0.25, -0.2) is 0 Å². The SMILES string of the molecule is COCC1(CN2CCC(C)CC2C)CCNCC1. The lowest BCUT2D eigenvalue weighted by Gasteiger charge is -2.45. The van der Waals surface area contributed by atoms with Crippen LogP contribution in [0.15, 0.2) is 0 Å². The van der Waals surface area contributed by atoms with Crippen LogP contribution in [0.25, 0.3) is 0 Å². The minimum Gasteiger partial charge on any atom is -0.384 e. The molecule has 0 saturated carbocycles. The van der Waals surface area contributed by atoms with Crippen LogP contribution in [0.2, 0.25) is 0 Å². The van der Waals surface area contributed by atoms with Crippen molar-refractivity contribution in [2.75, 3.05) is 39.9 Å². The zero-order valence-corrected chi connectivity index (χ0v) is 12.4. The Labute approximate surface area is 112 Å². The fourth-order valence-electron chi connectivity index (χ4n) is 3.73. The Bertz CT molecular complexity index is 245. The molecule has 0 amide bonds. The fraction of sp³-hybridized carbons (Fsp3) is 1.00. The minimum atomic E-state index is 0.398. The van der Waals surface area contributed by atoms with Gasteiger partial charge in [-0.05, 0) is 58.2 Å². The summed E-state index contributed by atoms with van der Waals surface area (Å²) in [5.74, 6) is 0.905. The van der Waals surface area contributed by atoms with E-state index in [1.165, 1.54) is 38.8 Å². The summed E-state index contributed by atoms with van der Waals surface area (Å²) in [5, 5.41) is 3.48. The van der Waals surface area contributed by atoms with E-state index in [1.807, 2.05) is 7.11 Å². The quantitative estimate of drug-likeness (QED) is 0.832. The van der Waals surface area contributed by atoms with E-state index in [-0.39, 0.29) is 0 Å². The molecule has 18 heavy (non-hydrogen) atoms. The van der Waals surface area contributed by atoms with Gasteiger partial charge in [-0.15, -0.1) is 0 Å². The van der Waals surface area contributed by atoms with Gasteiger partial charge < -0.3 is 15.0 Å². The number of methoxy groups -OCH3 is 1. The Hall–Kier alpha value is -0.120. The average molecular weight is 254 g/mol. The van der Waals surface area contributed by atoms with Crippen molar-refractivity contribution in [1.82, 2.24) is 10.2 Å². The maximum absolute atomic E-state index is 5.53. The van der Waals surface area contributed by atoms with Crippen molar-refractivity contribution < 1.29 is 4.74 Å². The highest BCUT2D eigenvalue weighted by molar-refractivity contribution is 4.90. The molecule has 0 aliphatic carbocycles. The third-order valence-electron chi connectivity index (χ3n) is 4.93. The molecule has 0 spiro atoms. The Morgan fingerprint density at radius 1 is 1.28 bits per heavy atom. The predicted octanol–water partition coefficient (Wildman–Crippen LogP) is 2.12. The zero-order chi connectivity index (χ0) is 13.0. The standard InChI is InChI=1S/C15H30N2O/c1-13-4-9-17(14(2)10-13)11-15(12-18-3)5-7-16-8-6-15/h13-14,16H,4-12H2,1-3H3. The van der Waals surface area contributed by atoms with Gasteiger partial charge in [-0.1, -0.05) is 6.92 Å². The first-order valence-corrected chi connectivity index (χ1v) is 7.59. The first-order chi connectivity index (χ1) is 8.65. The van der Waals surface area contributed by atoms with E-state index in [1.54, 1.807) is 0 Å². The lowest BCUT2D eigenvalue weighted by molar-refractivity contribution is -0.000807. The van der Waals surface area contributed by atoms with Gasteiger partial charge in [-0.2, -0.15) is 0 Å².